The molecule has 0 unspecified atom stereocenters. The predicted octanol–water partition coefficient (Wildman–Crippen LogP) is 5.77. The number of amides is 1. The van der Waals surface area contributed by atoms with Gasteiger partial charge in [0.05, 0.1) is 6.54 Å². The highest BCUT2D eigenvalue weighted by Crippen LogP contribution is 2.35. The van der Waals surface area contributed by atoms with Crippen LogP contribution in [-0.2, 0) is 4.79 Å². The molecule has 0 spiro atoms. The quantitative estimate of drug-likeness (QED) is 0.700. The van der Waals surface area contributed by atoms with Crippen LogP contribution in [0.1, 0.15) is 74.4 Å². The van der Waals surface area contributed by atoms with Gasteiger partial charge in [-0.25, -0.2) is 0 Å². The lowest BCUT2D eigenvalue weighted by Gasteiger charge is -2.25. The third kappa shape index (κ3) is 4.18. The number of nitrogens with one attached hydrogen (secondary N) is 1. The summed E-state index contributed by atoms with van der Waals surface area (Å²) in [6.07, 6.45) is 2.31. The molecule has 3 nitrogen and oxygen atoms in total. The van der Waals surface area contributed by atoms with Gasteiger partial charge in [-0.1, -0.05) is 52.0 Å². The van der Waals surface area contributed by atoms with E-state index in [1.165, 1.54) is 16.0 Å². The van der Waals surface area contributed by atoms with Gasteiger partial charge in [0.15, 0.2) is 0 Å². The molecule has 0 aliphatic carbocycles. The molecule has 4 heteroatoms. The normalized spacial score (nSPS) is 18.0. The van der Waals surface area contributed by atoms with Crippen molar-refractivity contribution in [2.24, 2.45) is 0 Å². The Kier molecular flexibility index (Phi) is 6.15. The van der Waals surface area contributed by atoms with Gasteiger partial charge in [-0.15, -0.1) is 11.3 Å². The Labute approximate surface area is 161 Å². The van der Waals surface area contributed by atoms with E-state index in [1.54, 1.807) is 11.3 Å². The molecule has 2 aromatic rings. The van der Waals surface area contributed by atoms with E-state index < -0.39 is 0 Å². The number of para-hydroxylation sites is 1. The van der Waals surface area contributed by atoms with Gasteiger partial charge in [0, 0.05) is 16.6 Å². The summed E-state index contributed by atoms with van der Waals surface area (Å²) in [5, 5.41) is 5.38. The average Bonchev–Trinajstić information content (AvgIpc) is 3.25. The van der Waals surface area contributed by atoms with E-state index in [-0.39, 0.29) is 5.91 Å². The number of likely N-dealkylation sites (tertiary alicyclic amines) is 1. The van der Waals surface area contributed by atoms with Crippen LogP contribution in [-0.4, -0.2) is 23.9 Å². The molecule has 1 aliphatic heterocycles. The van der Waals surface area contributed by atoms with Gasteiger partial charge in [-0.05, 0) is 53.8 Å². The number of hydrogen-bond donors (Lipinski definition) is 1. The minimum atomic E-state index is 0.100. The van der Waals surface area contributed by atoms with Crippen molar-refractivity contribution in [3.63, 3.8) is 0 Å². The van der Waals surface area contributed by atoms with Crippen molar-refractivity contribution in [3.05, 3.63) is 51.7 Å². The highest BCUT2D eigenvalue weighted by Gasteiger charge is 2.28. The summed E-state index contributed by atoms with van der Waals surface area (Å²) in [4.78, 5) is 16.6. The standard InChI is InChI=1S/C22H30N2OS/c1-15(2)17-8-5-9-18(16(3)4)22(17)23-21(25)14-24-12-6-10-19(24)20-11-7-13-26-20/h5,7-9,11,13,15-16,19H,6,10,12,14H2,1-4H3,(H,23,25)/t19-/m0/s1. The minimum Gasteiger partial charge on any atom is -0.324 e. The molecule has 0 radical (unpaired) electrons. The van der Waals surface area contributed by atoms with Crippen LogP contribution in [0.5, 0.6) is 0 Å². The van der Waals surface area contributed by atoms with Gasteiger partial charge < -0.3 is 5.32 Å². The van der Waals surface area contributed by atoms with Crippen LogP contribution < -0.4 is 5.32 Å². The summed E-state index contributed by atoms with van der Waals surface area (Å²) in [6, 6.07) is 11.1. The van der Waals surface area contributed by atoms with Crippen molar-refractivity contribution in [3.8, 4) is 0 Å². The molecule has 1 aromatic carbocycles. The molecule has 0 bridgehead atoms. The number of benzene rings is 1. The molecule has 3 rings (SSSR count). The molecule has 1 aromatic heterocycles. The van der Waals surface area contributed by atoms with Crippen molar-refractivity contribution in [1.82, 2.24) is 4.90 Å². The number of thiophene rings is 1. The van der Waals surface area contributed by atoms with E-state index in [0.29, 0.717) is 24.4 Å². The summed E-state index contributed by atoms with van der Waals surface area (Å²) < 4.78 is 0. The summed E-state index contributed by atoms with van der Waals surface area (Å²) in [7, 11) is 0. The molecule has 2 heterocycles. The third-order valence-corrected chi connectivity index (χ3v) is 6.19. The molecule has 0 saturated carbocycles. The Morgan fingerprint density at radius 1 is 1.15 bits per heavy atom. The molecule has 1 amide bonds. The van der Waals surface area contributed by atoms with E-state index in [1.807, 2.05) is 0 Å². The molecule has 1 N–H and O–H groups in total. The van der Waals surface area contributed by atoms with E-state index in [0.717, 1.165) is 25.1 Å². The second-order valence-electron chi connectivity index (χ2n) is 7.81. The van der Waals surface area contributed by atoms with Crippen LogP contribution >= 0.6 is 11.3 Å². The zero-order valence-electron chi connectivity index (χ0n) is 16.3. The van der Waals surface area contributed by atoms with Crippen molar-refractivity contribution < 1.29 is 4.79 Å². The SMILES string of the molecule is CC(C)c1cccc(C(C)C)c1NC(=O)CN1CCC[C@H]1c1cccs1. The molecule has 1 saturated heterocycles. The molecule has 1 fully saturated rings. The van der Waals surface area contributed by atoms with E-state index in [2.05, 4.69) is 73.6 Å². The van der Waals surface area contributed by atoms with Gasteiger partial charge >= 0.3 is 0 Å². The van der Waals surface area contributed by atoms with Crippen molar-refractivity contribution >= 4 is 22.9 Å². The largest absolute Gasteiger partial charge is 0.324 e. The maximum atomic E-state index is 12.9. The van der Waals surface area contributed by atoms with Gasteiger partial charge in [0.25, 0.3) is 0 Å². The number of rotatable bonds is 6. The Hall–Kier alpha value is -1.65. The molecule has 140 valence electrons. The Morgan fingerprint density at radius 2 is 1.85 bits per heavy atom. The van der Waals surface area contributed by atoms with Crippen LogP contribution in [0.15, 0.2) is 35.7 Å². The van der Waals surface area contributed by atoms with Crippen molar-refractivity contribution in [2.45, 2.75) is 58.4 Å². The second-order valence-corrected chi connectivity index (χ2v) is 8.79. The summed E-state index contributed by atoms with van der Waals surface area (Å²) >= 11 is 1.79. The number of anilines is 1. The van der Waals surface area contributed by atoms with Crippen LogP contribution in [0.3, 0.4) is 0 Å². The Morgan fingerprint density at radius 3 is 2.42 bits per heavy atom. The third-order valence-electron chi connectivity index (χ3n) is 5.22. The number of hydrogen-bond acceptors (Lipinski definition) is 3. The summed E-state index contributed by atoms with van der Waals surface area (Å²) in [6.45, 7) is 10.2. The first-order valence-corrected chi connectivity index (χ1v) is 10.6. The van der Waals surface area contributed by atoms with E-state index >= 15 is 0 Å². The lowest BCUT2D eigenvalue weighted by molar-refractivity contribution is -0.117. The molecular formula is C22H30N2OS. The average molecular weight is 371 g/mol. The van der Waals surface area contributed by atoms with Gasteiger partial charge in [0.2, 0.25) is 5.91 Å². The monoisotopic (exact) mass is 370 g/mol. The van der Waals surface area contributed by atoms with Crippen LogP contribution in [0, 0.1) is 0 Å². The van der Waals surface area contributed by atoms with E-state index in [9.17, 15) is 4.79 Å². The first kappa shape index (κ1) is 19.1. The number of carbonyl (C=O) groups is 1. The zero-order chi connectivity index (χ0) is 18.7. The summed E-state index contributed by atoms with van der Waals surface area (Å²) in [5.74, 6) is 0.868. The lowest BCUT2D eigenvalue weighted by Crippen LogP contribution is -2.33. The molecule has 26 heavy (non-hydrogen) atoms. The van der Waals surface area contributed by atoms with Gasteiger partial charge in [0.1, 0.15) is 0 Å². The van der Waals surface area contributed by atoms with E-state index in [4.69, 9.17) is 0 Å². The Balaban J connectivity index is 1.76. The predicted molar refractivity (Wildman–Crippen MR) is 111 cm³/mol. The topological polar surface area (TPSA) is 32.3 Å². The van der Waals surface area contributed by atoms with Crippen LogP contribution in [0.25, 0.3) is 0 Å². The lowest BCUT2D eigenvalue weighted by atomic mass is 9.92. The maximum Gasteiger partial charge on any atom is 0.238 e. The van der Waals surface area contributed by atoms with Gasteiger partial charge in [-0.3, -0.25) is 9.69 Å². The molecule has 1 atom stereocenters. The first-order chi connectivity index (χ1) is 12.5. The molecular weight excluding hydrogens is 340 g/mol. The number of carbonyl (C=O) groups excluding carboxylic acids is 1. The smallest absolute Gasteiger partial charge is 0.238 e. The second kappa shape index (κ2) is 8.36. The van der Waals surface area contributed by atoms with Gasteiger partial charge in [-0.2, -0.15) is 0 Å². The molecule has 1 aliphatic rings. The number of nitrogens with zero attached hydrogens (tertiary/aromatic N) is 1. The minimum absolute atomic E-state index is 0.100. The fraction of sp³-hybridized carbons (Fsp3) is 0.500. The summed E-state index contributed by atoms with van der Waals surface area (Å²) in [5.41, 5.74) is 3.47. The van der Waals surface area contributed by atoms with Crippen LogP contribution in [0.4, 0.5) is 5.69 Å². The maximum absolute atomic E-state index is 12.9. The Bertz CT molecular complexity index is 710. The van der Waals surface area contributed by atoms with Crippen molar-refractivity contribution in [1.29, 1.82) is 0 Å². The first-order valence-electron chi connectivity index (χ1n) is 9.67. The fourth-order valence-corrected chi connectivity index (χ4v) is 4.77. The van der Waals surface area contributed by atoms with Crippen LogP contribution in [0.2, 0.25) is 0 Å². The highest BCUT2D eigenvalue weighted by atomic mass is 32.1. The van der Waals surface area contributed by atoms with Crippen molar-refractivity contribution in [2.75, 3.05) is 18.4 Å². The zero-order valence-corrected chi connectivity index (χ0v) is 17.1. The highest BCUT2D eigenvalue weighted by molar-refractivity contribution is 7.10. The fourth-order valence-electron chi connectivity index (χ4n) is 3.88.